The smallest absolute Gasteiger partial charge is 0.421 e. The molecule has 0 aliphatic heterocycles. The second-order valence-electron chi connectivity index (χ2n) is 7.40. The van der Waals surface area contributed by atoms with Crippen molar-refractivity contribution in [2.45, 2.75) is 39.9 Å². The Morgan fingerprint density at radius 2 is 1.76 bits per heavy atom. The van der Waals surface area contributed by atoms with E-state index in [4.69, 9.17) is 21.1 Å². The predicted molar refractivity (Wildman–Crippen MR) is 119 cm³/mol. The number of imidazole rings is 1. The van der Waals surface area contributed by atoms with E-state index in [1.165, 1.54) is 24.4 Å². The first-order chi connectivity index (χ1) is 15.6. The average molecular weight is 478 g/mol. The molecule has 174 valence electrons. The lowest BCUT2D eigenvalue weighted by Gasteiger charge is -2.14. The highest BCUT2D eigenvalue weighted by atomic mass is 35.5. The quantitative estimate of drug-likeness (QED) is 0.539. The van der Waals surface area contributed by atoms with Crippen LogP contribution in [-0.4, -0.2) is 44.8 Å². The van der Waals surface area contributed by atoms with Crippen molar-refractivity contribution in [1.29, 1.82) is 0 Å². The molecule has 0 spiro atoms. The largest absolute Gasteiger partial charge is 0.447 e. The van der Waals surface area contributed by atoms with Gasteiger partial charge in [0, 0.05) is 11.9 Å². The summed E-state index contributed by atoms with van der Waals surface area (Å²) < 4.78 is 24.7. The number of ether oxygens (including phenoxy) is 2. The number of carbonyl (C=O) groups is 3. The number of carbonyl (C=O) groups excluding carboxylic acids is 3. The van der Waals surface area contributed by atoms with E-state index in [9.17, 15) is 18.8 Å². The Kier molecular flexibility index (Phi) is 7.12. The number of hydrogen-bond donors (Lipinski definition) is 2. The van der Waals surface area contributed by atoms with Crippen molar-refractivity contribution in [3.63, 3.8) is 0 Å². The molecule has 0 unspecified atom stereocenters. The van der Waals surface area contributed by atoms with E-state index < -0.39 is 36.1 Å². The van der Waals surface area contributed by atoms with E-state index in [-0.39, 0.29) is 33.4 Å². The lowest BCUT2D eigenvalue weighted by molar-refractivity contribution is 0.102. The van der Waals surface area contributed by atoms with E-state index in [2.05, 4.69) is 20.6 Å². The average Bonchev–Trinajstić information content (AvgIpc) is 3.07. The molecule has 1 aromatic carbocycles. The molecule has 0 fully saturated rings. The van der Waals surface area contributed by atoms with E-state index in [1.54, 1.807) is 27.7 Å². The number of benzene rings is 1. The zero-order valence-corrected chi connectivity index (χ0v) is 18.9. The number of nitrogens with zero attached hydrogens (tertiary/aromatic N) is 3. The monoisotopic (exact) mass is 477 g/mol. The van der Waals surface area contributed by atoms with E-state index >= 15 is 0 Å². The van der Waals surface area contributed by atoms with Crippen molar-refractivity contribution in [3.8, 4) is 0 Å². The highest BCUT2D eigenvalue weighted by Gasteiger charge is 2.26. The molecule has 2 aromatic heterocycles. The molecule has 0 aliphatic rings. The van der Waals surface area contributed by atoms with Crippen LogP contribution < -0.4 is 10.6 Å². The van der Waals surface area contributed by atoms with Crippen LogP contribution in [-0.2, 0) is 9.47 Å². The van der Waals surface area contributed by atoms with Crippen LogP contribution in [0.25, 0.3) is 11.2 Å². The first-order valence-corrected chi connectivity index (χ1v) is 10.3. The molecular weight excluding hydrogens is 457 g/mol. The molecule has 33 heavy (non-hydrogen) atoms. The highest BCUT2D eigenvalue weighted by Crippen LogP contribution is 2.25. The van der Waals surface area contributed by atoms with E-state index in [0.29, 0.717) is 0 Å². The number of anilines is 2. The van der Waals surface area contributed by atoms with E-state index in [1.807, 2.05) is 0 Å². The van der Waals surface area contributed by atoms with Gasteiger partial charge in [0.15, 0.2) is 5.65 Å². The number of nitrogens with one attached hydrogen (secondary N) is 2. The third-order valence-corrected chi connectivity index (χ3v) is 4.34. The first-order valence-electron chi connectivity index (χ1n) is 9.89. The Morgan fingerprint density at radius 3 is 2.39 bits per heavy atom. The molecule has 3 aromatic rings. The molecule has 3 rings (SSSR count). The maximum atomic E-state index is 13.4. The highest BCUT2D eigenvalue weighted by molar-refractivity contribution is 6.31. The predicted octanol–water partition coefficient (Wildman–Crippen LogP) is 4.83. The van der Waals surface area contributed by atoms with Gasteiger partial charge in [-0.05, 0) is 52.0 Å². The fourth-order valence-electron chi connectivity index (χ4n) is 2.81. The molecular formula is C21H21ClFN5O5. The molecule has 0 bridgehead atoms. The summed E-state index contributed by atoms with van der Waals surface area (Å²) in [7, 11) is 0. The van der Waals surface area contributed by atoms with Crippen LogP contribution in [0, 0.1) is 5.82 Å². The summed E-state index contributed by atoms with van der Waals surface area (Å²) in [6, 6.07) is 5.04. The van der Waals surface area contributed by atoms with Gasteiger partial charge in [-0.2, -0.15) is 4.98 Å². The standard InChI is InChI=1S/C21H21ClFN5O5/c1-10(2)32-20(30)27-19-26-17-16(28(19)21(31)33-11(3)4)13(7-8-24-17)18(29)25-12-5-6-15(23)14(22)9-12/h5-11H,1-4H3,(H,25,29)(H,24,26,27,30). The Balaban J connectivity index is 2.08. The molecule has 0 radical (unpaired) electrons. The van der Waals surface area contributed by atoms with Crippen molar-refractivity contribution in [3.05, 3.63) is 46.9 Å². The van der Waals surface area contributed by atoms with Gasteiger partial charge in [-0.25, -0.2) is 23.5 Å². The number of hydrogen-bond acceptors (Lipinski definition) is 7. The van der Waals surface area contributed by atoms with Crippen molar-refractivity contribution < 1.29 is 28.2 Å². The number of aromatic nitrogens is 3. The summed E-state index contributed by atoms with van der Waals surface area (Å²) in [5.74, 6) is -1.53. The van der Waals surface area contributed by atoms with Crippen molar-refractivity contribution in [2.24, 2.45) is 0 Å². The zero-order valence-electron chi connectivity index (χ0n) is 18.2. The Bertz CT molecular complexity index is 1230. The third-order valence-electron chi connectivity index (χ3n) is 4.05. The fraction of sp³-hybridized carbons (Fsp3) is 0.286. The molecule has 2 N–H and O–H groups in total. The first kappa shape index (κ1) is 23.9. The SMILES string of the molecule is CC(C)OC(=O)Nc1nc2nccc(C(=O)Nc3ccc(F)c(Cl)c3)c2n1C(=O)OC(C)C. The minimum absolute atomic E-state index is 0.000316. The van der Waals surface area contributed by atoms with Gasteiger partial charge in [-0.15, -0.1) is 0 Å². The lowest BCUT2D eigenvalue weighted by Crippen LogP contribution is -2.25. The normalized spacial score (nSPS) is 11.0. The maximum Gasteiger partial charge on any atom is 0.421 e. The minimum Gasteiger partial charge on any atom is -0.447 e. The maximum absolute atomic E-state index is 13.4. The second-order valence-corrected chi connectivity index (χ2v) is 7.80. The molecule has 0 atom stereocenters. The number of pyridine rings is 1. The number of amides is 2. The van der Waals surface area contributed by atoms with Gasteiger partial charge in [0.25, 0.3) is 5.91 Å². The molecule has 10 nitrogen and oxygen atoms in total. The van der Waals surface area contributed by atoms with E-state index in [0.717, 1.165) is 10.6 Å². The summed E-state index contributed by atoms with van der Waals surface area (Å²) in [4.78, 5) is 46.2. The van der Waals surface area contributed by atoms with Gasteiger partial charge in [-0.3, -0.25) is 10.1 Å². The third kappa shape index (κ3) is 5.55. The second kappa shape index (κ2) is 9.82. The van der Waals surface area contributed by atoms with Crippen LogP contribution in [0.5, 0.6) is 0 Å². The Hall–Kier alpha value is -3.73. The van der Waals surface area contributed by atoms with Gasteiger partial charge in [0.2, 0.25) is 5.95 Å². The molecule has 0 aliphatic carbocycles. The Labute approximate surface area is 193 Å². The van der Waals surface area contributed by atoms with Crippen LogP contribution in [0.3, 0.4) is 0 Å². The van der Waals surface area contributed by atoms with Gasteiger partial charge >= 0.3 is 12.2 Å². The molecule has 12 heteroatoms. The van der Waals surface area contributed by atoms with Crippen molar-refractivity contribution >= 4 is 52.5 Å². The lowest BCUT2D eigenvalue weighted by atomic mass is 10.2. The minimum atomic E-state index is -0.890. The molecule has 0 saturated carbocycles. The van der Waals surface area contributed by atoms with Gasteiger partial charge in [0.05, 0.1) is 22.8 Å². The van der Waals surface area contributed by atoms with Gasteiger partial charge in [0.1, 0.15) is 11.3 Å². The van der Waals surface area contributed by atoms with Crippen LogP contribution >= 0.6 is 11.6 Å². The number of halogens is 2. The number of rotatable bonds is 5. The Morgan fingerprint density at radius 1 is 1.06 bits per heavy atom. The molecule has 2 amide bonds. The number of fused-ring (bicyclic) bond motifs is 1. The van der Waals surface area contributed by atoms with Crippen LogP contribution in [0.1, 0.15) is 38.1 Å². The summed E-state index contributed by atoms with van der Waals surface area (Å²) in [5.41, 5.74) is 0.221. The fourth-order valence-corrected chi connectivity index (χ4v) is 2.99. The van der Waals surface area contributed by atoms with Gasteiger partial charge in [-0.1, -0.05) is 11.6 Å². The zero-order chi connectivity index (χ0) is 24.3. The van der Waals surface area contributed by atoms with Crippen LogP contribution in [0.15, 0.2) is 30.5 Å². The summed E-state index contributed by atoms with van der Waals surface area (Å²) in [6.07, 6.45) is -1.35. The topological polar surface area (TPSA) is 124 Å². The van der Waals surface area contributed by atoms with Crippen LogP contribution in [0.4, 0.5) is 25.6 Å². The van der Waals surface area contributed by atoms with Gasteiger partial charge < -0.3 is 14.8 Å². The van der Waals surface area contributed by atoms with Crippen LogP contribution in [0.2, 0.25) is 5.02 Å². The van der Waals surface area contributed by atoms with Crippen molar-refractivity contribution in [1.82, 2.24) is 14.5 Å². The molecule has 2 heterocycles. The summed E-state index contributed by atoms with van der Waals surface area (Å²) in [6.45, 7) is 6.59. The summed E-state index contributed by atoms with van der Waals surface area (Å²) >= 11 is 5.78. The summed E-state index contributed by atoms with van der Waals surface area (Å²) in [5, 5.41) is 4.78. The molecule has 0 saturated heterocycles. The van der Waals surface area contributed by atoms with Crippen molar-refractivity contribution in [2.75, 3.05) is 10.6 Å².